The van der Waals surface area contributed by atoms with Crippen LogP contribution in [0.25, 0.3) is 0 Å². The summed E-state index contributed by atoms with van der Waals surface area (Å²) < 4.78 is 5.52. The van der Waals surface area contributed by atoms with Crippen molar-refractivity contribution in [3.63, 3.8) is 0 Å². The number of anilines is 1. The van der Waals surface area contributed by atoms with E-state index in [1.807, 2.05) is 43.3 Å². The second kappa shape index (κ2) is 6.78. The van der Waals surface area contributed by atoms with Crippen LogP contribution in [0.1, 0.15) is 30.6 Å². The molecule has 0 unspecified atom stereocenters. The van der Waals surface area contributed by atoms with E-state index in [2.05, 4.69) is 23.6 Å². The third-order valence-corrected chi connectivity index (χ3v) is 6.94. The van der Waals surface area contributed by atoms with Crippen LogP contribution in [0.4, 0.5) is 5.69 Å². The van der Waals surface area contributed by atoms with Gasteiger partial charge in [-0.1, -0.05) is 19.9 Å². The molecule has 0 aromatic heterocycles. The lowest BCUT2D eigenvalue weighted by atomic mass is 9.48. The number of fused-ring (bicyclic) bond motifs is 1. The van der Waals surface area contributed by atoms with Gasteiger partial charge in [0, 0.05) is 63.5 Å². The van der Waals surface area contributed by atoms with Crippen molar-refractivity contribution in [2.45, 2.75) is 20.3 Å². The fourth-order valence-electron chi connectivity index (χ4n) is 5.80. The largest absolute Gasteiger partial charge is 0.379 e. The molecule has 27 heavy (non-hydrogen) atoms. The molecule has 2 aliphatic heterocycles. The average molecular weight is 372 g/mol. The van der Waals surface area contributed by atoms with E-state index in [1.165, 1.54) is 6.42 Å². The lowest BCUT2D eigenvalue weighted by Gasteiger charge is -2.58. The zero-order valence-corrected chi connectivity index (χ0v) is 17.2. The Balaban J connectivity index is 1.52. The second-order valence-corrected chi connectivity index (χ2v) is 9.60. The maximum atomic E-state index is 13.3. The topological polar surface area (TPSA) is 36.0 Å². The van der Waals surface area contributed by atoms with Crippen LogP contribution in [-0.4, -0.2) is 75.7 Å². The highest BCUT2D eigenvalue weighted by molar-refractivity contribution is 5.95. The van der Waals surface area contributed by atoms with Gasteiger partial charge >= 0.3 is 0 Å². The van der Waals surface area contributed by atoms with Gasteiger partial charge in [0.2, 0.25) is 0 Å². The van der Waals surface area contributed by atoms with Crippen LogP contribution in [-0.2, 0) is 4.74 Å². The Hall–Kier alpha value is -1.59. The molecule has 2 heterocycles. The molecule has 4 rings (SSSR count). The monoisotopic (exact) mass is 371 g/mol. The first-order valence-electron chi connectivity index (χ1n) is 10.2. The summed E-state index contributed by atoms with van der Waals surface area (Å²) in [5, 5.41) is 0. The summed E-state index contributed by atoms with van der Waals surface area (Å²) in [5.74, 6) is 0.777. The van der Waals surface area contributed by atoms with Crippen LogP contribution < -0.4 is 4.90 Å². The molecule has 1 aliphatic carbocycles. The second-order valence-electron chi connectivity index (χ2n) is 9.60. The maximum Gasteiger partial charge on any atom is 0.253 e. The van der Waals surface area contributed by atoms with Crippen molar-refractivity contribution in [3.05, 3.63) is 29.8 Å². The lowest BCUT2D eigenvalue weighted by molar-refractivity contribution is -0.0966. The summed E-state index contributed by atoms with van der Waals surface area (Å²) in [6, 6.07) is 8.01. The van der Waals surface area contributed by atoms with Crippen LogP contribution >= 0.6 is 0 Å². The molecule has 2 saturated heterocycles. The quantitative estimate of drug-likeness (QED) is 0.815. The molecule has 1 aromatic rings. The summed E-state index contributed by atoms with van der Waals surface area (Å²) in [4.78, 5) is 20.0. The molecule has 0 spiro atoms. The predicted octanol–water partition coefficient (Wildman–Crippen LogP) is 2.57. The van der Waals surface area contributed by atoms with E-state index in [1.54, 1.807) is 0 Å². The van der Waals surface area contributed by atoms with Gasteiger partial charge in [0.05, 0.1) is 13.2 Å². The first-order valence-corrected chi connectivity index (χ1v) is 10.2. The summed E-state index contributed by atoms with van der Waals surface area (Å²) in [5.41, 5.74) is 2.47. The summed E-state index contributed by atoms with van der Waals surface area (Å²) in [6.07, 6.45) is 1.21. The first kappa shape index (κ1) is 18.8. The van der Waals surface area contributed by atoms with E-state index in [0.717, 1.165) is 57.2 Å². The van der Waals surface area contributed by atoms with Gasteiger partial charge in [-0.3, -0.25) is 9.69 Å². The highest BCUT2D eigenvalue weighted by Crippen LogP contribution is 2.63. The first-order chi connectivity index (χ1) is 12.8. The number of rotatable bonds is 4. The Morgan fingerprint density at radius 2 is 2.00 bits per heavy atom. The molecule has 0 N–H and O–H groups in total. The predicted molar refractivity (Wildman–Crippen MR) is 108 cm³/mol. The highest BCUT2D eigenvalue weighted by Gasteiger charge is 2.63. The Kier molecular flexibility index (Phi) is 4.71. The molecule has 0 bridgehead atoms. The van der Waals surface area contributed by atoms with Crippen LogP contribution in [0.2, 0.25) is 0 Å². The number of amides is 1. The fraction of sp³-hybridized carbons (Fsp3) is 0.682. The number of ether oxygens (including phenoxy) is 1. The number of carbonyl (C=O) groups is 1. The minimum atomic E-state index is 0.185. The molecule has 1 saturated carbocycles. The third kappa shape index (κ3) is 3.36. The van der Waals surface area contributed by atoms with Crippen molar-refractivity contribution in [1.29, 1.82) is 0 Å². The van der Waals surface area contributed by atoms with Crippen LogP contribution in [0.5, 0.6) is 0 Å². The Labute approximate surface area is 163 Å². The van der Waals surface area contributed by atoms with Crippen LogP contribution in [0, 0.1) is 16.7 Å². The van der Waals surface area contributed by atoms with Gasteiger partial charge in [0.25, 0.3) is 5.91 Å². The Morgan fingerprint density at radius 1 is 1.26 bits per heavy atom. The van der Waals surface area contributed by atoms with E-state index < -0.39 is 0 Å². The number of nitrogens with zero attached hydrogens (tertiary/aromatic N) is 3. The summed E-state index contributed by atoms with van der Waals surface area (Å²) in [6.45, 7) is 11.3. The van der Waals surface area contributed by atoms with Crippen LogP contribution in [0.15, 0.2) is 24.3 Å². The molecule has 3 aliphatic rings. The number of likely N-dealkylation sites (tertiary alicyclic amines) is 1. The van der Waals surface area contributed by atoms with Gasteiger partial charge in [0.1, 0.15) is 0 Å². The van der Waals surface area contributed by atoms with Crippen molar-refractivity contribution in [2.24, 2.45) is 16.7 Å². The summed E-state index contributed by atoms with van der Waals surface area (Å²) >= 11 is 0. The number of hydrogen-bond acceptors (Lipinski definition) is 4. The van der Waals surface area contributed by atoms with Crippen molar-refractivity contribution < 1.29 is 9.53 Å². The molecule has 5 nitrogen and oxygen atoms in total. The van der Waals surface area contributed by atoms with Gasteiger partial charge < -0.3 is 14.5 Å². The van der Waals surface area contributed by atoms with Gasteiger partial charge in [-0.2, -0.15) is 0 Å². The van der Waals surface area contributed by atoms with Crippen LogP contribution in [0.3, 0.4) is 0 Å². The van der Waals surface area contributed by atoms with E-state index in [9.17, 15) is 4.79 Å². The molecule has 2 atom stereocenters. The molecule has 3 fully saturated rings. The van der Waals surface area contributed by atoms with Crippen molar-refractivity contribution >= 4 is 11.6 Å². The summed E-state index contributed by atoms with van der Waals surface area (Å²) in [7, 11) is 4.03. The van der Waals surface area contributed by atoms with Crippen molar-refractivity contribution in [3.8, 4) is 0 Å². The van der Waals surface area contributed by atoms with E-state index in [-0.39, 0.29) is 11.3 Å². The molecule has 5 heteroatoms. The van der Waals surface area contributed by atoms with E-state index in [4.69, 9.17) is 4.74 Å². The zero-order chi connectivity index (χ0) is 19.2. The number of hydrogen-bond donors (Lipinski definition) is 0. The molecule has 1 amide bonds. The maximum absolute atomic E-state index is 13.3. The molecule has 148 valence electrons. The molecular formula is C22H33N3O2. The Bertz CT molecular complexity index is 711. The fourth-order valence-corrected chi connectivity index (χ4v) is 5.80. The minimum absolute atomic E-state index is 0.185. The van der Waals surface area contributed by atoms with Gasteiger partial charge in [0.15, 0.2) is 0 Å². The normalized spacial score (nSPS) is 29.9. The third-order valence-electron chi connectivity index (χ3n) is 6.94. The lowest BCUT2D eigenvalue weighted by Crippen LogP contribution is -2.59. The standard InChI is InChI=1S/C22H33N3O2/c1-21(2)14-22(15-24-8-10-27-11-9-24)16-25(13-19(21)22)20(26)17-6-5-7-18(12-17)23(3)4/h5-7,12,19H,8-11,13-16H2,1-4H3/t19-,22+/m1/s1. The Morgan fingerprint density at radius 3 is 2.67 bits per heavy atom. The van der Waals surface area contributed by atoms with Gasteiger partial charge in [-0.05, 0) is 36.0 Å². The van der Waals surface area contributed by atoms with E-state index >= 15 is 0 Å². The molecule has 0 radical (unpaired) electrons. The number of benzene rings is 1. The SMILES string of the molecule is CN(C)c1cccc(C(=O)N2C[C@@H]3C(C)(C)C[C@]3(CN3CCOCC3)C2)c1. The number of morpholine rings is 1. The van der Waals surface area contributed by atoms with Crippen molar-refractivity contribution in [2.75, 3.05) is 64.9 Å². The van der Waals surface area contributed by atoms with Gasteiger partial charge in [-0.25, -0.2) is 0 Å². The minimum Gasteiger partial charge on any atom is -0.379 e. The average Bonchev–Trinajstić information content (AvgIpc) is 2.96. The van der Waals surface area contributed by atoms with Crippen molar-refractivity contribution in [1.82, 2.24) is 9.80 Å². The molecule has 1 aromatic carbocycles. The van der Waals surface area contributed by atoms with Gasteiger partial charge in [-0.15, -0.1) is 0 Å². The zero-order valence-electron chi connectivity index (χ0n) is 17.2. The smallest absolute Gasteiger partial charge is 0.253 e. The molecular weight excluding hydrogens is 338 g/mol. The van der Waals surface area contributed by atoms with E-state index in [0.29, 0.717) is 11.3 Å². The highest BCUT2D eigenvalue weighted by atomic mass is 16.5. The number of carbonyl (C=O) groups excluding carboxylic acids is 1.